The van der Waals surface area contributed by atoms with E-state index in [1.54, 1.807) is 24.4 Å². The van der Waals surface area contributed by atoms with E-state index in [4.69, 9.17) is 16.0 Å². The molecule has 0 fully saturated rings. The van der Waals surface area contributed by atoms with E-state index in [2.05, 4.69) is 9.83 Å². The minimum Gasteiger partial charge on any atom is -0.505 e. The number of fused-ring (bicyclic) bond motifs is 1. The summed E-state index contributed by atoms with van der Waals surface area (Å²) in [6.45, 7) is 10.1. The third-order valence-electron chi connectivity index (χ3n) is 5.16. The predicted molar refractivity (Wildman–Crippen MR) is 129 cm³/mol. The number of carbonyl (C=O) groups excluding carboxylic acids is 1. The summed E-state index contributed by atoms with van der Waals surface area (Å²) in [5, 5.41) is 0.745. The second kappa shape index (κ2) is 10.4. The highest BCUT2D eigenvalue weighted by molar-refractivity contribution is 5.91. The first-order chi connectivity index (χ1) is 16.2. The maximum Gasteiger partial charge on any atom is 0.229 e. The van der Waals surface area contributed by atoms with Gasteiger partial charge in [-0.2, -0.15) is 0 Å². The highest BCUT2D eigenvalue weighted by Gasteiger charge is 2.12. The number of nitrogens with zero attached hydrogens (tertiary/aromatic N) is 2. The van der Waals surface area contributed by atoms with E-state index in [-0.39, 0.29) is 5.78 Å². The van der Waals surface area contributed by atoms with E-state index < -0.39 is 0 Å². The Balaban J connectivity index is 1.49. The van der Waals surface area contributed by atoms with Crippen molar-refractivity contribution in [2.24, 2.45) is 0 Å². The Hall–Kier alpha value is -4.17. The van der Waals surface area contributed by atoms with Crippen molar-refractivity contribution in [3.8, 4) is 17.2 Å². The molecule has 5 nitrogen and oxygen atoms in total. The van der Waals surface area contributed by atoms with Crippen molar-refractivity contribution in [3.05, 3.63) is 102 Å². The van der Waals surface area contributed by atoms with Crippen LogP contribution < -0.4 is 9.47 Å². The van der Waals surface area contributed by atoms with Crippen molar-refractivity contribution in [2.45, 2.75) is 26.2 Å². The minimum absolute atomic E-state index is 0.169. The van der Waals surface area contributed by atoms with Gasteiger partial charge in [0.2, 0.25) is 5.69 Å². The molecular weight excluding hydrogens is 412 g/mol. The summed E-state index contributed by atoms with van der Waals surface area (Å²) in [4.78, 5) is 20.4. The molecule has 0 spiro atoms. The molecule has 0 atom stereocenters. The molecule has 4 rings (SSSR count). The lowest BCUT2D eigenvalue weighted by atomic mass is 10.0. The van der Waals surface area contributed by atoms with Crippen LogP contribution in [0.3, 0.4) is 0 Å². The summed E-state index contributed by atoms with van der Waals surface area (Å²) in [6, 6.07) is 22.6. The number of rotatable bonds is 9. The molecule has 33 heavy (non-hydrogen) atoms. The van der Waals surface area contributed by atoms with Gasteiger partial charge in [0.05, 0.1) is 18.7 Å². The summed E-state index contributed by atoms with van der Waals surface area (Å²) in [7, 11) is 0. The predicted octanol–water partition coefficient (Wildman–Crippen LogP) is 6.72. The molecule has 0 saturated carbocycles. The van der Waals surface area contributed by atoms with Crippen LogP contribution in [0.25, 0.3) is 15.7 Å². The third-order valence-corrected chi connectivity index (χ3v) is 5.16. The minimum atomic E-state index is 0.169. The van der Waals surface area contributed by atoms with Crippen molar-refractivity contribution < 1.29 is 14.3 Å². The van der Waals surface area contributed by atoms with Crippen molar-refractivity contribution in [1.29, 1.82) is 0 Å². The smallest absolute Gasteiger partial charge is 0.229 e. The molecule has 0 bridgehead atoms. The second-order valence-corrected chi connectivity index (χ2v) is 7.73. The lowest BCUT2D eigenvalue weighted by Crippen LogP contribution is -2.06. The van der Waals surface area contributed by atoms with Gasteiger partial charge in [-0.25, -0.2) is 4.85 Å². The number of pyridine rings is 1. The Kier molecular flexibility index (Phi) is 6.96. The van der Waals surface area contributed by atoms with Crippen molar-refractivity contribution in [2.75, 3.05) is 6.61 Å². The SMILES string of the molecule is [C-]#[N+]c1cc2c(Oc3ccc(CC(=O)Cc4ccccc4)cc3)ccnc2cc1OCCC. The fourth-order valence-corrected chi connectivity index (χ4v) is 3.56. The molecule has 4 aromatic rings. The van der Waals surface area contributed by atoms with Crippen LogP contribution in [0.5, 0.6) is 17.2 Å². The maximum absolute atomic E-state index is 12.4. The van der Waals surface area contributed by atoms with Gasteiger partial charge in [-0.05, 0) is 47.9 Å². The van der Waals surface area contributed by atoms with Crippen LogP contribution in [0.4, 0.5) is 5.69 Å². The Labute approximate surface area is 193 Å². The van der Waals surface area contributed by atoms with E-state index in [0.29, 0.717) is 47.9 Å². The van der Waals surface area contributed by atoms with Gasteiger partial charge < -0.3 is 9.47 Å². The maximum atomic E-state index is 12.4. The number of ether oxygens (including phenoxy) is 2. The van der Waals surface area contributed by atoms with E-state index >= 15 is 0 Å². The fraction of sp³-hybridized carbons (Fsp3) is 0.179. The van der Waals surface area contributed by atoms with Gasteiger partial charge in [-0.1, -0.05) is 49.4 Å². The molecule has 5 heteroatoms. The Bertz CT molecular complexity index is 1290. The van der Waals surface area contributed by atoms with Crippen LogP contribution in [0.2, 0.25) is 0 Å². The van der Waals surface area contributed by atoms with E-state index in [0.717, 1.165) is 22.9 Å². The summed E-state index contributed by atoms with van der Waals surface area (Å²) in [5.41, 5.74) is 3.10. The summed E-state index contributed by atoms with van der Waals surface area (Å²) >= 11 is 0. The third kappa shape index (κ3) is 5.55. The summed E-state index contributed by atoms with van der Waals surface area (Å²) in [6.07, 6.45) is 3.34. The van der Waals surface area contributed by atoms with Crippen LogP contribution in [0.15, 0.2) is 79.0 Å². The molecule has 0 amide bonds. The lowest BCUT2D eigenvalue weighted by molar-refractivity contribution is -0.117. The molecule has 0 aliphatic heterocycles. The molecule has 164 valence electrons. The van der Waals surface area contributed by atoms with Gasteiger partial charge in [0.1, 0.15) is 23.0 Å². The number of hydrogen-bond acceptors (Lipinski definition) is 4. The van der Waals surface area contributed by atoms with Crippen molar-refractivity contribution in [1.82, 2.24) is 4.98 Å². The number of carbonyl (C=O) groups is 1. The zero-order chi connectivity index (χ0) is 23.0. The number of hydrogen-bond donors (Lipinski definition) is 0. The molecule has 0 aliphatic carbocycles. The standard InChI is InChI=1S/C28H24N2O3/c1-3-15-32-28-19-25-24(18-26(28)29-2)27(13-14-30-25)33-23-11-9-21(10-12-23)17-22(31)16-20-7-5-4-6-8-20/h4-14,18-19H,3,15-17H2,1H3. The lowest BCUT2D eigenvalue weighted by Gasteiger charge is -2.12. The topological polar surface area (TPSA) is 52.8 Å². The van der Waals surface area contributed by atoms with Gasteiger partial charge in [-0.15, -0.1) is 0 Å². The van der Waals surface area contributed by atoms with E-state index in [1.807, 2.05) is 61.5 Å². The number of ketones is 1. The molecular formula is C28H24N2O3. The van der Waals surface area contributed by atoms with Gasteiger partial charge in [0.15, 0.2) is 0 Å². The Morgan fingerprint density at radius 3 is 2.36 bits per heavy atom. The van der Waals surface area contributed by atoms with Crippen LogP contribution in [0, 0.1) is 6.57 Å². The van der Waals surface area contributed by atoms with Gasteiger partial charge in [0.25, 0.3) is 0 Å². The van der Waals surface area contributed by atoms with E-state index in [9.17, 15) is 4.79 Å². The largest absolute Gasteiger partial charge is 0.505 e. The first kappa shape index (κ1) is 22.0. The molecule has 1 heterocycles. The van der Waals surface area contributed by atoms with E-state index in [1.165, 1.54) is 0 Å². The number of Topliss-reactive ketones (excluding diaryl/α,β-unsaturated/α-hetero) is 1. The first-order valence-corrected chi connectivity index (χ1v) is 10.9. The van der Waals surface area contributed by atoms with Crippen molar-refractivity contribution >= 4 is 22.4 Å². The fourth-order valence-electron chi connectivity index (χ4n) is 3.56. The zero-order valence-electron chi connectivity index (χ0n) is 18.5. The molecule has 0 aliphatic rings. The molecule has 0 saturated heterocycles. The monoisotopic (exact) mass is 436 g/mol. The first-order valence-electron chi connectivity index (χ1n) is 10.9. The van der Waals surface area contributed by atoms with Crippen molar-refractivity contribution in [3.63, 3.8) is 0 Å². The van der Waals surface area contributed by atoms with Crippen LogP contribution in [-0.2, 0) is 17.6 Å². The highest BCUT2D eigenvalue weighted by Crippen LogP contribution is 2.37. The normalized spacial score (nSPS) is 10.5. The van der Waals surface area contributed by atoms with Crippen LogP contribution >= 0.6 is 0 Å². The molecule has 1 aromatic heterocycles. The highest BCUT2D eigenvalue weighted by atomic mass is 16.5. The number of benzene rings is 3. The zero-order valence-corrected chi connectivity index (χ0v) is 18.5. The molecule has 0 radical (unpaired) electrons. The Morgan fingerprint density at radius 1 is 0.939 bits per heavy atom. The van der Waals surface area contributed by atoms with Crippen LogP contribution in [-0.4, -0.2) is 17.4 Å². The second-order valence-electron chi connectivity index (χ2n) is 7.73. The molecule has 3 aromatic carbocycles. The molecule has 0 N–H and O–H groups in total. The Morgan fingerprint density at radius 2 is 1.67 bits per heavy atom. The summed E-state index contributed by atoms with van der Waals surface area (Å²) in [5.74, 6) is 1.97. The van der Waals surface area contributed by atoms with Gasteiger partial charge in [0, 0.05) is 24.4 Å². The summed E-state index contributed by atoms with van der Waals surface area (Å²) < 4.78 is 11.8. The van der Waals surface area contributed by atoms with Gasteiger partial charge >= 0.3 is 0 Å². The number of aromatic nitrogens is 1. The average molecular weight is 437 g/mol. The average Bonchev–Trinajstić information content (AvgIpc) is 2.84. The van der Waals surface area contributed by atoms with Crippen LogP contribution in [0.1, 0.15) is 24.5 Å². The molecule has 0 unspecified atom stereocenters. The quantitative estimate of drug-likeness (QED) is 0.273. The van der Waals surface area contributed by atoms with Gasteiger partial charge in [-0.3, -0.25) is 9.78 Å².